The quantitative estimate of drug-likeness (QED) is 0.472. The molecule has 1 fully saturated rings. The summed E-state index contributed by atoms with van der Waals surface area (Å²) in [4.78, 5) is 8.71. The summed E-state index contributed by atoms with van der Waals surface area (Å²) >= 11 is 0.869. The predicted octanol–water partition coefficient (Wildman–Crippen LogP) is 2.46. The molecule has 1 unspecified atom stereocenters. The molecule has 0 saturated carbocycles. The number of halogens is 6. The van der Waals surface area contributed by atoms with Crippen LogP contribution in [0.25, 0.3) is 0 Å². The Balaban J connectivity index is 1.81. The van der Waals surface area contributed by atoms with Crippen LogP contribution in [0, 0.1) is 0 Å². The van der Waals surface area contributed by atoms with E-state index in [2.05, 4.69) is 20.6 Å². The molecule has 1 aliphatic rings. The number of nitrogens with zero attached hydrogens (tertiary/aromatic N) is 3. The third-order valence-corrected chi connectivity index (χ3v) is 4.34. The largest absolute Gasteiger partial charge is 0.434 e. The monoisotopic (exact) mass is 389 g/mol. The fourth-order valence-electron chi connectivity index (χ4n) is 2.42. The highest BCUT2D eigenvalue weighted by atomic mass is 32.1. The molecular formula is C13H17F6N5S. The number of alkyl halides is 6. The van der Waals surface area contributed by atoms with E-state index in [9.17, 15) is 26.3 Å². The van der Waals surface area contributed by atoms with Crippen molar-refractivity contribution < 1.29 is 26.3 Å². The van der Waals surface area contributed by atoms with Gasteiger partial charge in [0.15, 0.2) is 11.7 Å². The lowest BCUT2D eigenvalue weighted by Crippen LogP contribution is -2.44. The second-order valence-electron chi connectivity index (χ2n) is 5.53. The van der Waals surface area contributed by atoms with Crippen LogP contribution in [0.15, 0.2) is 10.4 Å². The smallest absolute Gasteiger partial charge is 0.352 e. The van der Waals surface area contributed by atoms with Crippen molar-refractivity contribution in [3.8, 4) is 0 Å². The van der Waals surface area contributed by atoms with Crippen LogP contribution in [-0.2, 0) is 12.7 Å². The molecule has 0 amide bonds. The van der Waals surface area contributed by atoms with Crippen LogP contribution >= 0.6 is 11.3 Å². The lowest BCUT2D eigenvalue weighted by atomic mass is 10.3. The van der Waals surface area contributed by atoms with Gasteiger partial charge in [-0.05, 0) is 6.42 Å². The highest BCUT2D eigenvalue weighted by molar-refractivity contribution is 7.09. The Kier molecular flexibility index (Phi) is 6.14. The highest BCUT2D eigenvalue weighted by Crippen LogP contribution is 2.29. The number of aromatic nitrogens is 1. The van der Waals surface area contributed by atoms with Crippen molar-refractivity contribution in [2.45, 2.75) is 31.4 Å². The molecule has 2 rings (SSSR count). The van der Waals surface area contributed by atoms with Crippen molar-refractivity contribution in [3.63, 3.8) is 0 Å². The number of hydrogen-bond donors (Lipinski definition) is 2. The Hall–Kier alpha value is -1.56. The molecule has 12 heteroatoms. The van der Waals surface area contributed by atoms with Gasteiger partial charge in [0.25, 0.3) is 0 Å². The minimum atomic E-state index is -4.49. The first kappa shape index (κ1) is 19.8. The molecule has 1 aromatic rings. The Morgan fingerprint density at radius 3 is 2.64 bits per heavy atom. The number of thiazole rings is 1. The van der Waals surface area contributed by atoms with Crippen molar-refractivity contribution in [2.24, 2.45) is 4.99 Å². The SMILES string of the molecule is CN=C(NCc1nc(C(F)(F)F)cs1)NC1CCN(CC(F)(F)F)C1. The summed E-state index contributed by atoms with van der Waals surface area (Å²) in [5.74, 6) is 0.308. The summed E-state index contributed by atoms with van der Waals surface area (Å²) in [6.07, 6.45) is -8.21. The van der Waals surface area contributed by atoms with Gasteiger partial charge in [-0.15, -0.1) is 11.3 Å². The molecule has 0 aliphatic carbocycles. The third-order valence-electron chi connectivity index (χ3n) is 3.49. The number of guanidine groups is 1. The van der Waals surface area contributed by atoms with E-state index in [4.69, 9.17) is 0 Å². The van der Waals surface area contributed by atoms with E-state index in [0.29, 0.717) is 18.9 Å². The summed E-state index contributed by atoms with van der Waals surface area (Å²) in [5.41, 5.74) is -0.948. The zero-order valence-electron chi connectivity index (χ0n) is 13.2. The van der Waals surface area contributed by atoms with Gasteiger partial charge in [0.1, 0.15) is 5.01 Å². The average molecular weight is 389 g/mol. The minimum Gasteiger partial charge on any atom is -0.352 e. The van der Waals surface area contributed by atoms with Gasteiger partial charge in [-0.3, -0.25) is 9.89 Å². The molecule has 0 spiro atoms. The van der Waals surface area contributed by atoms with Crippen molar-refractivity contribution >= 4 is 17.3 Å². The van der Waals surface area contributed by atoms with Crippen LogP contribution in [-0.4, -0.2) is 54.7 Å². The van der Waals surface area contributed by atoms with Crippen molar-refractivity contribution in [1.82, 2.24) is 20.5 Å². The summed E-state index contributed by atoms with van der Waals surface area (Å²) in [6, 6.07) is -0.212. The Morgan fingerprint density at radius 1 is 1.36 bits per heavy atom. The predicted molar refractivity (Wildman–Crippen MR) is 81.4 cm³/mol. The second-order valence-corrected chi connectivity index (χ2v) is 6.47. The molecule has 0 bridgehead atoms. The molecule has 2 N–H and O–H groups in total. The molecule has 1 saturated heterocycles. The topological polar surface area (TPSA) is 52.6 Å². The molecule has 0 aromatic carbocycles. The van der Waals surface area contributed by atoms with Gasteiger partial charge < -0.3 is 10.6 Å². The number of rotatable bonds is 4. The standard InChI is InChI=1S/C13H17F6N5S/c1-20-11(21-4-10-23-9(6-25-10)13(17,18)19)22-8-2-3-24(5-8)7-12(14,15)16/h6,8H,2-5,7H2,1H3,(H2,20,21,22). The van der Waals surface area contributed by atoms with Crippen LogP contribution in [0.5, 0.6) is 0 Å². The number of nitrogens with one attached hydrogen (secondary N) is 2. The van der Waals surface area contributed by atoms with E-state index in [1.807, 2.05) is 0 Å². The van der Waals surface area contributed by atoms with E-state index in [0.717, 1.165) is 16.7 Å². The molecular weight excluding hydrogens is 372 g/mol. The summed E-state index contributed by atoms with van der Waals surface area (Å²) in [7, 11) is 1.47. The van der Waals surface area contributed by atoms with Gasteiger partial charge in [-0.25, -0.2) is 4.98 Å². The zero-order valence-corrected chi connectivity index (χ0v) is 14.0. The molecule has 1 aromatic heterocycles. The van der Waals surface area contributed by atoms with Gasteiger partial charge in [0.2, 0.25) is 0 Å². The van der Waals surface area contributed by atoms with E-state index in [1.54, 1.807) is 0 Å². The minimum absolute atomic E-state index is 0.0411. The van der Waals surface area contributed by atoms with Crippen LogP contribution in [0.2, 0.25) is 0 Å². The summed E-state index contributed by atoms with van der Waals surface area (Å²) in [5, 5.41) is 6.96. The van der Waals surface area contributed by atoms with Gasteiger partial charge >= 0.3 is 12.4 Å². The van der Waals surface area contributed by atoms with Crippen LogP contribution in [0.4, 0.5) is 26.3 Å². The van der Waals surface area contributed by atoms with Crippen molar-refractivity contribution in [1.29, 1.82) is 0 Å². The Labute approximate surface area is 144 Å². The van der Waals surface area contributed by atoms with Crippen molar-refractivity contribution in [2.75, 3.05) is 26.7 Å². The fraction of sp³-hybridized carbons (Fsp3) is 0.692. The maximum atomic E-state index is 12.5. The van der Waals surface area contributed by atoms with Crippen LogP contribution in [0.3, 0.4) is 0 Å². The van der Waals surface area contributed by atoms with Gasteiger partial charge in [-0.1, -0.05) is 0 Å². The van der Waals surface area contributed by atoms with Crippen LogP contribution < -0.4 is 10.6 Å². The molecule has 5 nitrogen and oxygen atoms in total. The number of likely N-dealkylation sites (tertiary alicyclic amines) is 1. The fourth-order valence-corrected chi connectivity index (χ4v) is 3.16. The van der Waals surface area contributed by atoms with Crippen molar-refractivity contribution in [3.05, 3.63) is 16.1 Å². The normalized spacial score (nSPS) is 20.1. The number of hydrogen-bond acceptors (Lipinski definition) is 4. The maximum absolute atomic E-state index is 12.5. The zero-order chi connectivity index (χ0) is 18.7. The van der Waals surface area contributed by atoms with Gasteiger partial charge in [0, 0.05) is 31.6 Å². The first-order valence-corrected chi connectivity index (χ1v) is 8.22. The molecule has 1 aliphatic heterocycles. The average Bonchev–Trinajstić information content (AvgIpc) is 3.10. The Bertz CT molecular complexity index is 596. The van der Waals surface area contributed by atoms with E-state index < -0.39 is 24.6 Å². The van der Waals surface area contributed by atoms with Gasteiger partial charge in [0.05, 0.1) is 13.1 Å². The first-order valence-electron chi connectivity index (χ1n) is 7.34. The first-order chi connectivity index (χ1) is 11.6. The summed E-state index contributed by atoms with van der Waals surface area (Å²) < 4.78 is 74.6. The maximum Gasteiger partial charge on any atom is 0.434 e. The molecule has 25 heavy (non-hydrogen) atoms. The molecule has 1 atom stereocenters. The molecule has 2 heterocycles. The van der Waals surface area contributed by atoms with Gasteiger partial charge in [-0.2, -0.15) is 26.3 Å². The van der Waals surface area contributed by atoms with E-state index in [-0.39, 0.29) is 24.1 Å². The second kappa shape index (κ2) is 7.77. The van der Waals surface area contributed by atoms with E-state index >= 15 is 0 Å². The number of aliphatic imine (C=N–C) groups is 1. The lowest BCUT2D eigenvalue weighted by Gasteiger charge is -2.19. The summed E-state index contributed by atoms with van der Waals surface area (Å²) in [6.45, 7) is -0.388. The third kappa shape index (κ3) is 6.34. The Morgan fingerprint density at radius 2 is 2.08 bits per heavy atom. The highest BCUT2D eigenvalue weighted by Gasteiger charge is 2.35. The van der Waals surface area contributed by atoms with E-state index in [1.165, 1.54) is 11.9 Å². The lowest BCUT2D eigenvalue weighted by molar-refractivity contribution is -0.143. The molecule has 0 radical (unpaired) electrons. The van der Waals surface area contributed by atoms with Crippen LogP contribution in [0.1, 0.15) is 17.1 Å². The molecule has 142 valence electrons.